The number of carbonyl (C=O) groups is 3. The van der Waals surface area contributed by atoms with Crippen LogP contribution in [-0.4, -0.2) is 60.7 Å². The molecule has 0 aromatic heterocycles. The fourth-order valence-electron chi connectivity index (χ4n) is 3.59. The van der Waals surface area contributed by atoms with Crippen LogP contribution in [0.1, 0.15) is 52.5 Å². The van der Waals surface area contributed by atoms with Gasteiger partial charge < -0.3 is 32.7 Å². The third kappa shape index (κ3) is 12.4. The van der Waals surface area contributed by atoms with Crippen molar-refractivity contribution in [1.29, 1.82) is 5.41 Å². The molecule has 1 aromatic rings. The van der Waals surface area contributed by atoms with Crippen LogP contribution in [0.15, 0.2) is 30.3 Å². The summed E-state index contributed by atoms with van der Waals surface area (Å²) in [6.07, 6.45) is 3.11. The van der Waals surface area contributed by atoms with Crippen LogP contribution in [0, 0.1) is 17.2 Å². The van der Waals surface area contributed by atoms with Crippen molar-refractivity contribution >= 4 is 30.0 Å². The quantitative estimate of drug-likeness (QED) is 0.0919. The van der Waals surface area contributed by atoms with Gasteiger partial charge in [-0.05, 0) is 36.7 Å². The van der Waals surface area contributed by atoms with E-state index >= 15 is 0 Å². The van der Waals surface area contributed by atoms with Gasteiger partial charge in [0.15, 0.2) is 5.96 Å². The molecule has 0 aliphatic carbocycles. The molecule has 0 spiro atoms. The Morgan fingerprint density at radius 1 is 0.946 bits per heavy atom. The van der Waals surface area contributed by atoms with Crippen LogP contribution >= 0.6 is 0 Å². The molecule has 1 aromatic carbocycles. The van der Waals surface area contributed by atoms with E-state index in [9.17, 15) is 19.2 Å². The number of rotatable bonds is 16. The monoisotopic (exact) mass is 516 g/mol. The SMILES string of the molecule is CC(C)C[C@H](NC(=O)[C@H](CCCNC(=N)N)NC(=O)[C@@H](N)C(C)C)C(=O)N[C@H]([C]=O)Cc1ccccc1. The van der Waals surface area contributed by atoms with E-state index in [-0.39, 0.29) is 30.6 Å². The first-order valence-corrected chi connectivity index (χ1v) is 12.6. The summed E-state index contributed by atoms with van der Waals surface area (Å²) >= 11 is 0. The van der Waals surface area contributed by atoms with Gasteiger partial charge in [-0.1, -0.05) is 58.0 Å². The second kappa shape index (κ2) is 16.3. The van der Waals surface area contributed by atoms with E-state index in [1.165, 1.54) is 0 Å². The Morgan fingerprint density at radius 3 is 2.08 bits per heavy atom. The molecule has 0 bridgehead atoms. The standard InChI is InChI=1S/C26H42N7O4/c1-16(2)13-21(24(36)31-19(15-34)14-18-9-6-5-7-10-18)33-23(35)20(11-8-12-30-26(28)29)32-25(37)22(27)17(3)4/h5-7,9-10,16-17,19-22H,8,11-14,27H2,1-4H3,(H,31,36)(H,32,37)(H,33,35)(H4,28,29,30)/t19-,20-,21-,22-/m0/s1. The van der Waals surface area contributed by atoms with Gasteiger partial charge in [-0.2, -0.15) is 0 Å². The van der Waals surface area contributed by atoms with Gasteiger partial charge in [0, 0.05) is 13.0 Å². The predicted octanol–water partition coefficient (Wildman–Crippen LogP) is 0.0859. The molecule has 9 N–H and O–H groups in total. The van der Waals surface area contributed by atoms with Crippen LogP contribution in [0.5, 0.6) is 0 Å². The minimum absolute atomic E-state index is 0.0611. The minimum Gasteiger partial charge on any atom is -0.370 e. The third-order valence-corrected chi connectivity index (χ3v) is 5.72. The van der Waals surface area contributed by atoms with E-state index in [0.717, 1.165) is 5.56 Å². The van der Waals surface area contributed by atoms with Gasteiger partial charge in [0.2, 0.25) is 24.0 Å². The van der Waals surface area contributed by atoms with Gasteiger partial charge in [0.25, 0.3) is 0 Å². The van der Waals surface area contributed by atoms with E-state index < -0.39 is 41.9 Å². The molecule has 1 radical (unpaired) electrons. The topological polar surface area (TPSA) is 192 Å². The van der Waals surface area contributed by atoms with Crippen molar-refractivity contribution in [2.24, 2.45) is 23.3 Å². The smallest absolute Gasteiger partial charge is 0.243 e. The van der Waals surface area contributed by atoms with Gasteiger partial charge in [-0.3, -0.25) is 24.6 Å². The Bertz CT molecular complexity index is 892. The number of carbonyl (C=O) groups excluding carboxylic acids is 4. The summed E-state index contributed by atoms with van der Waals surface area (Å²) in [4.78, 5) is 50.4. The molecule has 0 unspecified atom stereocenters. The van der Waals surface area contributed by atoms with Crippen LogP contribution in [0.4, 0.5) is 0 Å². The summed E-state index contributed by atoms with van der Waals surface area (Å²) in [7, 11) is 0. The van der Waals surface area contributed by atoms with Crippen molar-refractivity contribution in [2.75, 3.05) is 6.54 Å². The van der Waals surface area contributed by atoms with Crippen molar-refractivity contribution in [2.45, 2.75) is 77.5 Å². The van der Waals surface area contributed by atoms with Crippen molar-refractivity contribution in [1.82, 2.24) is 21.3 Å². The van der Waals surface area contributed by atoms with Crippen molar-refractivity contribution in [3.8, 4) is 0 Å². The fourth-order valence-corrected chi connectivity index (χ4v) is 3.59. The fraction of sp³-hybridized carbons (Fsp3) is 0.577. The average molecular weight is 517 g/mol. The molecule has 11 heteroatoms. The lowest BCUT2D eigenvalue weighted by atomic mass is 10.0. The highest BCUT2D eigenvalue weighted by Crippen LogP contribution is 2.09. The Labute approximate surface area is 219 Å². The molecule has 11 nitrogen and oxygen atoms in total. The maximum absolute atomic E-state index is 13.2. The van der Waals surface area contributed by atoms with Crippen LogP contribution in [0.2, 0.25) is 0 Å². The van der Waals surface area contributed by atoms with E-state index in [4.69, 9.17) is 16.9 Å². The highest BCUT2D eigenvalue weighted by molar-refractivity contribution is 5.93. The zero-order valence-electron chi connectivity index (χ0n) is 22.2. The second-order valence-electron chi connectivity index (χ2n) is 9.87. The summed E-state index contributed by atoms with van der Waals surface area (Å²) in [5.41, 5.74) is 12.1. The number of nitrogens with two attached hydrogens (primary N) is 2. The molecule has 3 amide bonds. The second-order valence-corrected chi connectivity index (χ2v) is 9.87. The molecule has 205 valence electrons. The Hall–Kier alpha value is -3.47. The summed E-state index contributed by atoms with van der Waals surface area (Å²) in [5, 5.41) is 18.0. The van der Waals surface area contributed by atoms with E-state index in [1.54, 1.807) is 13.8 Å². The highest BCUT2D eigenvalue weighted by Gasteiger charge is 2.30. The largest absolute Gasteiger partial charge is 0.370 e. The average Bonchev–Trinajstić information content (AvgIpc) is 2.84. The maximum atomic E-state index is 13.2. The number of hydrogen-bond acceptors (Lipinski definition) is 6. The first-order valence-electron chi connectivity index (χ1n) is 12.6. The Morgan fingerprint density at radius 2 is 1.54 bits per heavy atom. The van der Waals surface area contributed by atoms with E-state index in [0.29, 0.717) is 19.4 Å². The summed E-state index contributed by atoms with van der Waals surface area (Å²) < 4.78 is 0. The first-order chi connectivity index (χ1) is 17.4. The van der Waals surface area contributed by atoms with Crippen LogP contribution < -0.4 is 32.7 Å². The summed E-state index contributed by atoms with van der Waals surface area (Å²) in [5.74, 6) is -1.79. The van der Waals surface area contributed by atoms with E-state index in [2.05, 4.69) is 21.3 Å². The summed E-state index contributed by atoms with van der Waals surface area (Å²) in [6, 6.07) is 5.67. The maximum Gasteiger partial charge on any atom is 0.243 e. The molecule has 4 atom stereocenters. The lowest BCUT2D eigenvalue weighted by Crippen LogP contribution is -2.57. The molecular weight excluding hydrogens is 474 g/mol. The molecule has 0 saturated carbocycles. The number of amides is 3. The first kappa shape index (κ1) is 31.6. The van der Waals surface area contributed by atoms with Gasteiger partial charge in [-0.25, -0.2) is 0 Å². The molecule has 0 saturated heterocycles. The van der Waals surface area contributed by atoms with Gasteiger partial charge in [0.05, 0.1) is 12.1 Å². The molecule has 37 heavy (non-hydrogen) atoms. The number of nitrogens with one attached hydrogen (secondary N) is 5. The molecule has 0 aliphatic rings. The van der Waals surface area contributed by atoms with Crippen molar-refractivity contribution in [3.05, 3.63) is 35.9 Å². The zero-order valence-corrected chi connectivity index (χ0v) is 22.2. The zero-order chi connectivity index (χ0) is 28.0. The van der Waals surface area contributed by atoms with Crippen molar-refractivity contribution < 1.29 is 19.2 Å². The molecular formula is C26H42N7O4. The van der Waals surface area contributed by atoms with Crippen molar-refractivity contribution in [3.63, 3.8) is 0 Å². The van der Waals surface area contributed by atoms with Crippen LogP contribution in [0.3, 0.4) is 0 Å². The number of benzene rings is 1. The summed E-state index contributed by atoms with van der Waals surface area (Å²) in [6.45, 7) is 7.75. The van der Waals surface area contributed by atoms with Crippen LogP contribution in [0.25, 0.3) is 0 Å². The molecule has 0 aliphatic heterocycles. The molecule has 1 rings (SSSR count). The Kier molecular flexibility index (Phi) is 13.9. The lowest BCUT2D eigenvalue weighted by Gasteiger charge is -2.26. The predicted molar refractivity (Wildman–Crippen MR) is 143 cm³/mol. The van der Waals surface area contributed by atoms with Crippen LogP contribution in [-0.2, 0) is 25.6 Å². The van der Waals surface area contributed by atoms with Gasteiger partial charge >= 0.3 is 0 Å². The number of hydrogen-bond donors (Lipinski definition) is 7. The van der Waals surface area contributed by atoms with Gasteiger partial charge in [0.1, 0.15) is 12.1 Å². The van der Waals surface area contributed by atoms with Gasteiger partial charge in [-0.15, -0.1) is 0 Å². The minimum atomic E-state index is -0.953. The third-order valence-electron chi connectivity index (χ3n) is 5.72. The highest BCUT2D eigenvalue weighted by atomic mass is 16.2. The molecule has 0 fully saturated rings. The molecule has 0 heterocycles. The number of guanidine groups is 1. The lowest BCUT2D eigenvalue weighted by molar-refractivity contribution is -0.133. The Balaban J connectivity index is 2.96. The normalized spacial score (nSPS) is 14.2. The van der Waals surface area contributed by atoms with E-state index in [1.807, 2.05) is 50.5 Å².